The Bertz CT molecular complexity index is 1180. The molecule has 1 fully saturated rings. The lowest BCUT2D eigenvalue weighted by Crippen LogP contribution is -2.37. The van der Waals surface area contributed by atoms with Crippen LogP contribution in [0.2, 0.25) is 5.15 Å². The monoisotopic (exact) mass is 434 g/mol. The maximum atomic E-state index is 14.1. The van der Waals surface area contributed by atoms with Crippen molar-refractivity contribution in [3.8, 4) is 0 Å². The molecule has 1 aliphatic carbocycles. The van der Waals surface area contributed by atoms with Crippen LogP contribution in [0.3, 0.4) is 0 Å². The zero-order valence-electron chi connectivity index (χ0n) is 15.6. The van der Waals surface area contributed by atoms with Gasteiger partial charge in [0.1, 0.15) is 11.0 Å². The molecule has 0 aliphatic heterocycles. The Balaban J connectivity index is 1.77. The zero-order chi connectivity index (χ0) is 20.8. The van der Waals surface area contributed by atoms with Gasteiger partial charge in [-0.05, 0) is 55.0 Å². The first-order chi connectivity index (χ1) is 13.8. The van der Waals surface area contributed by atoms with Crippen LogP contribution in [0.15, 0.2) is 53.6 Å². The maximum absolute atomic E-state index is 14.1. The lowest BCUT2D eigenvalue weighted by atomic mass is 9.98. The molecular formula is C21H20ClFN2O3S. The molecule has 3 aromatic rings. The number of aliphatic hydroxyl groups is 1. The molecule has 2 atom stereocenters. The van der Waals surface area contributed by atoms with Gasteiger partial charge >= 0.3 is 0 Å². The van der Waals surface area contributed by atoms with Crippen molar-refractivity contribution in [1.82, 2.24) is 9.71 Å². The second kappa shape index (κ2) is 7.65. The number of aliphatic hydroxyl groups excluding tert-OH is 1. The molecule has 0 bridgehead atoms. The molecular weight excluding hydrogens is 415 g/mol. The highest BCUT2D eigenvalue weighted by molar-refractivity contribution is 7.89. The van der Waals surface area contributed by atoms with E-state index in [0.717, 1.165) is 12.8 Å². The van der Waals surface area contributed by atoms with Gasteiger partial charge in [0.25, 0.3) is 0 Å². The highest BCUT2D eigenvalue weighted by Crippen LogP contribution is 2.39. The smallest absolute Gasteiger partial charge is 0.241 e. The summed E-state index contributed by atoms with van der Waals surface area (Å²) in [6.45, 7) is 1.63. The number of halogens is 2. The summed E-state index contributed by atoms with van der Waals surface area (Å²) in [7, 11) is -4.04. The summed E-state index contributed by atoms with van der Waals surface area (Å²) in [5.41, 5.74) is 0.837. The Kier molecular flexibility index (Phi) is 5.33. The average molecular weight is 435 g/mol. The van der Waals surface area contributed by atoms with Crippen molar-refractivity contribution in [3.05, 3.63) is 70.8 Å². The van der Waals surface area contributed by atoms with Crippen LogP contribution in [0.5, 0.6) is 0 Å². The summed E-state index contributed by atoms with van der Waals surface area (Å²) >= 11 is 6.11. The molecule has 2 aromatic carbocycles. The van der Waals surface area contributed by atoms with Gasteiger partial charge in [-0.25, -0.2) is 22.5 Å². The van der Waals surface area contributed by atoms with Crippen molar-refractivity contribution in [3.63, 3.8) is 0 Å². The Morgan fingerprint density at radius 3 is 2.66 bits per heavy atom. The maximum Gasteiger partial charge on any atom is 0.241 e. The number of aromatic nitrogens is 1. The van der Waals surface area contributed by atoms with Gasteiger partial charge in [0.2, 0.25) is 10.0 Å². The molecule has 0 radical (unpaired) electrons. The molecule has 5 nitrogen and oxygen atoms in total. The van der Waals surface area contributed by atoms with E-state index in [1.807, 2.05) is 0 Å². The number of pyridine rings is 1. The van der Waals surface area contributed by atoms with E-state index in [9.17, 15) is 17.9 Å². The quantitative estimate of drug-likeness (QED) is 0.572. The number of sulfonamides is 1. The summed E-state index contributed by atoms with van der Waals surface area (Å²) in [5, 5.41) is 11.9. The number of hydrogen-bond donors (Lipinski definition) is 2. The Morgan fingerprint density at radius 1 is 1.21 bits per heavy atom. The van der Waals surface area contributed by atoms with Gasteiger partial charge in [0.15, 0.2) is 0 Å². The Hall–Kier alpha value is -2.06. The third-order valence-corrected chi connectivity index (χ3v) is 7.09. The third kappa shape index (κ3) is 4.00. The van der Waals surface area contributed by atoms with Crippen LogP contribution in [0.25, 0.3) is 10.8 Å². The Morgan fingerprint density at radius 2 is 1.97 bits per heavy atom. The molecule has 1 aliphatic rings. The predicted octanol–water partition coefficient (Wildman–Crippen LogP) is 4.13. The van der Waals surface area contributed by atoms with Gasteiger partial charge < -0.3 is 5.11 Å². The van der Waals surface area contributed by atoms with E-state index in [4.69, 9.17) is 11.6 Å². The summed E-state index contributed by atoms with van der Waals surface area (Å²) in [4.78, 5) is 4.01. The van der Waals surface area contributed by atoms with Crippen molar-refractivity contribution in [2.45, 2.75) is 36.8 Å². The van der Waals surface area contributed by atoms with Crippen molar-refractivity contribution >= 4 is 32.4 Å². The van der Waals surface area contributed by atoms with E-state index >= 15 is 0 Å². The predicted molar refractivity (Wildman–Crippen MR) is 110 cm³/mol. The van der Waals surface area contributed by atoms with Gasteiger partial charge in [-0.15, -0.1) is 0 Å². The van der Waals surface area contributed by atoms with Gasteiger partial charge in [0, 0.05) is 17.0 Å². The second-order valence-electron chi connectivity index (χ2n) is 7.39. The van der Waals surface area contributed by atoms with E-state index in [-0.39, 0.29) is 16.0 Å². The third-order valence-electron chi connectivity index (χ3n) is 5.29. The van der Waals surface area contributed by atoms with E-state index in [2.05, 4.69) is 9.71 Å². The lowest BCUT2D eigenvalue weighted by Gasteiger charge is -2.25. The number of benzene rings is 2. The van der Waals surface area contributed by atoms with Crippen LogP contribution in [0, 0.1) is 18.7 Å². The molecule has 2 unspecified atom stereocenters. The second-order valence-corrected chi connectivity index (χ2v) is 9.43. The summed E-state index contributed by atoms with van der Waals surface area (Å²) in [5.74, 6) is -0.462. The molecule has 2 N–H and O–H groups in total. The van der Waals surface area contributed by atoms with E-state index in [0.29, 0.717) is 21.9 Å². The van der Waals surface area contributed by atoms with Crippen LogP contribution in [-0.4, -0.2) is 24.6 Å². The molecule has 4 rings (SSSR count). The van der Waals surface area contributed by atoms with Crippen LogP contribution < -0.4 is 4.72 Å². The Labute approximate surface area is 173 Å². The highest BCUT2D eigenvalue weighted by Gasteiger charge is 2.38. The fourth-order valence-electron chi connectivity index (χ4n) is 3.45. The largest absolute Gasteiger partial charge is 0.391 e. The molecule has 0 saturated heterocycles. The number of fused-ring (bicyclic) bond motifs is 1. The standard InChI is InChI=1S/C21H20ClFN2O3S/c1-12-5-6-14(11-17(12)23)19(20(26)13-7-8-13)25-29(27,28)18-4-2-3-16-15(18)9-10-24-21(16)22/h2-6,9-11,13,19-20,25-26H,7-8H2,1H3. The summed E-state index contributed by atoms with van der Waals surface area (Å²) in [6, 6.07) is 9.85. The highest BCUT2D eigenvalue weighted by atomic mass is 35.5. The molecule has 1 saturated carbocycles. The number of hydrogen-bond acceptors (Lipinski definition) is 4. The average Bonchev–Trinajstić information content (AvgIpc) is 3.53. The van der Waals surface area contributed by atoms with Crippen LogP contribution in [0.4, 0.5) is 4.39 Å². The van der Waals surface area contributed by atoms with Gasteiger partial charge in [0.05, 0.1) is 17.0 Å². The SMILES string of the molecule is Cc1ccc(C(NS(=O)(=O)c2cccc3c(Cl)nccc23)C(O)C2CC2)cc1F. The van der Waals surface area contributed by atoms with Crippen LogP contribution >= 0.6 is 11.6 Å². The number of rotatable bonds is 6. The fraction of sp³-hybridized carbons (Fsp3) is 0.286. The molecule has 1 aromatic heterocycles. The van der Waals surface area contributed by atoms with E-state index in [1.54, 1.807) is 37.3 Å². The number of nitrogens with one attached hydrogen (secondary N) is 1. The van der Waals surface area contributed by atoms with Crippen LogP contribution in [-0.2, 0) is 10.0 Å². The van der Waals surface area contributed by atoms with E-state index in [1.165, 1.54) is 18.3 Å². The molecule has 0 amide bonds. The fourth-order valence-corrected chi connectivity index (χ4v) is 5.14. The molecule has 29 heavy (non-hydrogen) atoms. The van der Waals surface area contributed by atoms with Gasteiger partial charge in [-0.3, -0.25) is 0 Å². The van der Waals surface area contributed by atoms with Crippen molar-refractivity contribution < 1.29 is 17.9 Å². The molecule has 152 valence electrons. The van der Waals surface area contributed by atoms with Gasteiger partial charge in [-0.2, -0.15) is 0 Å². The van der Waals surface area contributed by atoms with E-state index < -0.39 is 28.0 Å². The minimum atomic E-state index is -4.04. The first-order valence-corrected chi connectivity index (χ1v) is 11.1. The summed E-state index contributed by atoms with van der Waals surface area (Å²) < 4.78 is 43.3. The molecule has 8 heteroatoms. The zero-order valence-corrected chi connectivity index (χ0v) is 17.2. The minimum Gasteiger partial charge on any atom is -0.391 e. The molecule has 1 heterocycles. The normalized spacial score (nSPS) is 16.7. The van der Waals surface area contributed by atoms with Crippen LogP contribution in [0.1, 0.15) is 30.0 Å². The topological polar surface area (TPSA) is 79.3 Å². The van der Waals surface area contributed by atoms with Crippen molar-refractivity contribution in [1.29, 1.82) is 0 Å². The van der Waals surface area contributed by atoms with Crippen molar-refractivity contribution in [2.75, 3.05) is 0 Å². The number of nitrogens with zero attached hydrogens (tertiary/aromatic N) is 1. The first-order valence-electron chi connectivity index (χ1n) is 9.27. The van der Waals surface area contributed by atoms with Gasteiger partial charge in [-0.1, -0.05) is 35.9 Å². The lowest BCUT2D eigenvalue weighted by molar-refractivity contribution is 0.115. The summed E-state index contributed by atoms with van der Waals surface area (Å²) in [6.07, 6.45) is 2.11. The van der Waals surface area contributed by atoms with Crippen molar-refractivity contribution in [2.24, 2.45) is 5.92 Å². The minimum absolute atomic E-state index is 0.0155. The molecule has 0 spiro atoms. The number of aryl methyl sites for hydroxylation is 1. The first kappa shape index (κ1) is 20.2.